The van der Waals surface area contributed by atoms with E-state index in [0.717, 1.165) is 16.1 Å². The van der Waals surface area contributed by atoms with Crippen molar-refractivity contribution in [3.8, 4) is 11.3 Å². The fraction of sp³-hybridized carbons (Fsp3) is 0.111. The van der Waals surface area contributed by atoms with Crippen LogP contribution in [-0.2, 0) is 14.9 Å². The van der Waals surface area contributed by atoms with Crippen molar-refractivity contribution in [2.75, 3.05) is 4.90 Å². The molecule has 3 aromatic rings. The lowest BCUT2D eigenvalue weighted by atomic mass is 10.1. The van der Waals surface area contributed by atoms with Crippen LogP contribution in [0.25, 0.3) is 11.3 Å². The minimum atomic E-state index is -4.30. The number of carbonyl (C=O) groups is 1. The summed E-state index contributed by atoms with van der Waals surface area (Å²) in [5, 5.41) is 1.08. The summed E-state index contributed by atoms with van der Waals surface area (Å²) in [6.45, 7) is 3.31. The molecule has 1 heterocycles. The molecule has 2 aromatic carbocycles. The van der Waals surface area contributed by atoms with Gasteiger partial charge in [0.05, 0.1) is 16.3 Å². The van der Waals surface area contributed by atoms with E-state index in [9.17, 15) is 13.2 Å². The highest BCUT2D eigenvalue weighted by Crippen LogP contribution is 2.36. The Morgan fingerprint density at radius 3 is 2.22 bits per heavy atom. The van der Waals surface area contributed by atoms with Crippen LogP contribution in [0, 0.1) is 6.92 Å². The molecule has 0 saturated heterocycles. The van der Waals surface area contributed by atoms with Gasteiger partial charge in [-0.3, -0.25) is 14.2 Å². The third-order valence-corrected chi connectivity index (χ3v) is 5.88. The second-order valence-electron chi connectivity index (χ2n) is 5.73. The van der Waals surface area contributed by atoms with Crippen molar-refractivity contribution in [1.82, 2.24) is 4.98 Å². The molecule has 0 radical (unpaired) electrons. The van der Waals surface area contributed by atoms with Gasteiger partial charge in [-0.25, -0.2) is 4.98 Å². The van der Waals surface area contributed by atoms with E-state index in [1.54, 1.807) is 12.1 Å². The fourth-order valence-electron chi connectivity index (χ4n) is 2.55. The molecule has 0 fully saturated rings. The number of halogens is 1. The van der Waals surface area contributed by atoms with Crippen molar-refractivity contribution < 1.29 is 17.8 Å². The molecule has 6 nitrogen and oxygen atoms in total. The van der Waals surface area contributed by atoms with Crippen LogP contribution in [-0.4, -0.2) is 23.9 Å². The summed E-state index contributed by atoms with van der Waals surface area (Å²) in [4.78, 5) is 18.9. The Hall–Kier alpha value is -2.26. The number of hydrogen-bond acceptors (Lipinski definition) is 5. The molecule has 1 amide bonds. The van der Waals surface area contributed by atoms with Gasteiger partial charge in [-0.05, 0) is 43.3 Å². The van der Waals surface area contributed by atoms with E-state index >= 15 is 0 Å². The maximum absolute atomic E-state index is 12.2. The summed E-state index contributed by atoms with van der Waals surface area (Å²) in [5.74, 6) is -0.272. The first-order valence-corrected chi connectivity index (χ1v) is 10.4. The molecule has 1 aromatic heterocycles. The molecule has 9 heteroatoms. The van der Waals surface area contributed by atoms with E-state index in [4.69, 9.17) is 16.2 Å². The predicted octanol–water partition coefficient (Wildman–Crippen LogP) is 4.70. The fourth-order valence-corrected chi connectivity index (χ4v) is 4.15. The SMILES string of the molecule is CC(=O)N(c1ccc(S(=O)(=O)O)cc1)c1nc(-c2ccc(Cl)cc2)c(C)s1. The largest absolute Gasteiger partial charge is 0.294 e. The van der Waals surface area contributed by atoms with Crippen LogP contribution in [0.3, 0.4) is 0 Å². The van der Waals surface area contributed by atoms with Gasteiger partial charge in [-0.1, -0.05) is 23.7 Å². The number of benzene rings is 2. The van der Waals surface area contributed by atoms with Gasteiger partial charge in [0.1, 0.15) is 0 Å². The van der Waals surface area contributed by atoms with E-state index < -0.39 is 10.1 Å². The minimum absolute atomic E-state index is 0.244. The van der Waals surface area contributed by atoms with Crippen LogP contribution in [0.1, 0.15) is 11.8 Å². The number of aryl methyl sites for hydroxylation is 1. The molecule has 0 spiro atoms. The summed E-state index contributed by atoms with van der Waals surface area (Å²) < 4.78 is 31.5. The molecule has 0 saturated carbocycles. The molecule has 0 aliphatic carbocycles. The second kappa shape index (κ2) is 7.40. The monoisotopic (exact) mass is 422 g/mol. The molecule has 0 aliphatic heterocycles. The molecule has 1 N–H and O–H groups in total. The normalized spacial score (nSPS) is 11.4. The minimum Gasteiger partial charge on any atom is -0.282 e. The first kappa shape index (κ1) is 19.5. The lowest BCUT2D eigenvalue weighted by Gasteiger charge is -2.18. The first-order chi connectivity index (χ1) is 12.7. The Labute approximate surface area is 165 Å². The van der Waals surface area contributed by atoms with Crippen LogP contribution in [0.15, 0.2) is 53.4 Å². The van der Waals surface area contributed by atoms with Crippen molar-refractivity contribution in [3.63, 3.8) is 0 Å². The van der Waals surface area contributed by atoms with Crippen LogP contribution in [0.5, 0.6) is 0 Å². The zero-order valence-electron chi connectivity index (χ0n) is 14.4. The van der Waals surface area contributed by atoms with Crippen molar-refractivity contribution >= 4 is 49.8 Å². The second-order valence-corrected chi connectivity index (χ2v) is 8.77. The molecule has 27 heavy (non-hydrogen) atoms. The van der Waals surface area contributed by atoms with Gasteiger partial charge in [0, 0.05) is 22.4 Å². The molecule has 0 atom stereocenters. The number of aromatic nitrogens is 1. The number of carbonyl (C=O) groups excluding carboxylic acids is 1. The lowest BCUT2D eigenvalue weighted by Crippen LogP contribution is -2.22. The number of rotatable bonds is 4. The molecule has 0 bridgehead atoms. The molecule has 0 unspecified atom stereocenters. The summed E-state index contributed by atoms with van der Waals surface area (Å²) >= 11 is 7.28. The number of thiazole rings is 1. The maximum atomic E-state index is 12.2. The Morgan fingerprint density at radius 2 is 1.70 bits per heavy atom. The van der Waals surface area contributed by atoms with E-state index in [-0.39, 0.29) is 10.8 Å². The van der Waals surface area contributed by atoms with Crippen LogP contribution >= 0.6 is 22.9 Å². The van der Waals surface area contributed by atoms with Crippen molar-refractivity contribution in [1.29, 1.82) is 0 Å². The average Bonchev–Trinajstić information content (AvgIpc) is 2.96. The Balaban J connectivity index is 2.02. The van der Waals surface area contributed by atoms with Crippen LogP contribution in [0.2, 0.25) is 5.02 Å². The maximum Gasteiger partial charge on any atom is 0.294 e. The smallest absolute Gasteiger partial charge is 0.282 e. The summed E-state index contributed by atoms with van der Waals surface area (Å²) in [5.41, 5.74) is 2.07. The third-order valence-electron chi connectivity index (χ3n) is 3.80. The van der Waals surface area contributed by atoms with E-state index in [2.05, 4.69) is 4.98 Å². The quantitative estimate of drug-likeness (QED) is 0.615. The van der Waals surface area contributed by atoms with Gasteiger partial charge >= 0.3 is 0 Å². The zero-order chi connectivity index (χ0) is 19.8. The Kier molecular flexibility index (Phi) is 5.34. The Morgan fingerprint density at radius 1 is 1.11 bits per heavy atom. The summed E-state index contributed by atoms with van der Waals surface area (Å²) in [6.07, 6.45) is 0. The highest BCUT2D eigenvalue weighted by atomic mass is 35.5. The molecule has 140 valence electrons. The van der Waals surface area contributed by atoms with Crippen molar-refractivity contribution in [2.45, 2.75) is 18.7 Å². The van der Waals surface area contributed by atoms with Crippen LogP contribution < -0.4 is 4.90 Å². The van der Waals surface area contributed by atoms with Gasteiger partial charge in [0.2, 0.25) is 5.91 Å². The number of amides is 1. The van der Waals surface area contributed by atoms with Gasteiger partial charge in [-0.15, -0.1) is 11.3 Å². The Bertz CT molecular complexity index is 1090. The van der Waals surface area contributed by atoms with Gasteiger partial charge in [0.25, 0.3) is 10.1 Å². The van der Waals surface area contributed by atoms with Gasteiger partial charge < -0.3 is 0 Å². The van der Waals surface area contributed by atoms with Gasteiger partial charge in [-0.2, -0.15) is 8.42 Å². The van der Waals surface area contributed by atoms with Gasteiger partial charge in [0.15, 0.2) is 5.13 Å². The first-order valence-electron chi connectivity index (χ1n) is 7.78. The molecular formula is C18H15ClN2O4S2. The predicted molar refractivity (Wildman–Crippen MR) is 106 cm³/mol. The molecular weight excluding hydrogens is 408 g/mol. The topological polar surface area (TPSA) is 87.6 Å². The highest BCUT2D eigenvalue weighted by Gasteiger charge is 2.21. The van der Waals surface area contributed by atoms with Crippen molar-refractivity contribution in [3.05, 3.63) is 58.4 Å². The standard InChI is InChI=1S/C18H15ClN2O4S2/c1-11-17(13-3-5-14(19)6-4-13)20-18(26-11)21(12(2)22)15-7-9-16(10-8-15)27(23,24)25/h3-10H,1-2H3,(H,23,24,25). The zero-order valence-corrected chi connectivity index (χ0v) is 16.8. The number of nitrogens with zero attached hydrogens (tertiary/aromatic N) is 2. The molecule has 0 aliphatic rings. The third kappa shape index (κ3) is 4.19. The summed E-state index contributed by atoms with van der Waals surface area (Å²) in [7, 11) is -4.30. The van der Waals surface area contributed by atoms with E-state index in [1.165, 1.54) is 47.4 Å². The van der Waals surface area contributed by atoms with Crippen LogP contribution in [0.4, 0.5) is 10.8 Å². The van der Waals surface area contributed by atoms with E-state index in [1.807, 2.05) is 19.1 Å². The number of anilines is 2. The number of hydrogen-bond donors (Lipinski definition) is 1. The molecule has 3 rings (SSSR count). The summed E-state index contributed by atoms with van der Waals surface area (Å²) in [6, 6.07) is 12.6. The van der Waals surface area contributed by atoms with E-state index in [0.29, 0.717) is 15.8 Å². The average molecular weight is 423 g/mol. The van der Waals surface area contributed by atoms with Crippen molar-refractivity contribution in [2.24, 2.45) is 0 Å². The lowest BCUT2D eigenvalue weighted by molar-refractivity contribution is -0.115. The highest BCUT2D eigenvalue weighted by molar-refractivity contribution is 7.85.